The summed E-state index contributed by atoms with van der Waals surface area (Å²) in [6.45, 7) is 0.466. The number of hydrogen-bond acceptors (Lipinski definition) is 4. The SMILES string of the molecule is CNCCC(=O)N[C@@H](CCC(N)=O)C(=O)O. The van der Waals surface area contributed by atoms with Crippen LogP contribution in [0.5, 0.6) is 0 Å². The van der Waals surface area contributed by atoms with Crippen molar-refractivity contribution in [3.63, 3.8) is 0 Å². The van der Waals surface area contributed by atoms with Crippen LogP contribution in [0.25, 0.3) is 0 Å². The van der Waals surface area contributed by atoms with Gasteiger partial charge in [-0.3, -0.25) is 9.59 Å². The Morgan fingerprint density at radius 1 is 1.31 bits per heavy atom. The number of rotatable bonds is 8. The molecule has 7 heteroatoms. The van der Waals surface area contributed by atoms with E-state index in [2.05, 4.69) is 10.6 Å². The highest BCUT2D eigenvalue weighted by Crippen LogP contribution is 1.97. The van der Waals surface area contributed by atoms with E-state index in [1.54, 1.807) is 7.05 Å². The fourth-order valence-corrected chi connectivity index (χ4v) is 1.05. The molecular formula is C9H17N3O4. The normalized spacial score (nSPS) is 11.8. The van der Waals surface area contributed by atoms with E-state index < -0.39 is 17.9 Å². The lowest BCUT2D eigenvalue weighted by atomic mass is 10.1. The second kappa shape index (κ2) is 7.63. The van der Waals surface area contributed by atoms with Crippen molar-refractivity contribution in [3.05, 3.63) is 0 Å². The van der Waals surface area contributed by atoms with Gasteiger partial charge in [0.05, 0.1) is 0 Å². The Bertz CT molecular complexity index is 267. The van der Waals surface area contributed by atoms with Crippen LogP contribution in [0.2, 0.25) is 0 Å². The fraction of sp³-hybridized carbons (Fsp3) is 0.667. The molecule has 0 aromatic rings. The van der Waals surface area contributed by atoms with Gasteiger partial charge in [-0.15, -0.1) is 0 Å². The van der Waals surface area contributed by atoms with Crippen molar-refractivity contribution in [2.75, 3.05) is 13.6 Å². The van der Waals surface area contributed by atoms with E-state index in [1.165, 1.54) is 0 Å². The third-order valence-corrected chi connectivity index (χ3v) is 1.91. The van der Waals surface area contributed by atoms with Gasteiger partial charge in [0.1, 0.15) is 6.04 Å². The summed E-state index contributed by atoms with van der Waals surface area (Å²) >= 11 is 0. The molecule has 0 aromatic carbocycles. The largest absolute Gasteiger partial charge is 0.480 e. The molecular weight excluding hydrogens is 214 g/mol. The number of carbonyl (C=O) groups is 3. The summed E-state index contributed by atoms with van der Waals surface area (Å²) in [5, 5.41) is 13.9. The number of primary amides is 1. The van der Waals surface area contributed by atoms with Gasteiger partial charge in [-0.05, 0) is 13.5 Å². The number of carbonyl (C=O) groups excluding carboxylic acids is 2. The second-order valence-corrected chi connectivity index (χ2v) is 3.32. The Hall–Kier alpha value is -1.63. The molecule has 0 aliphatic carbocycles. The number of carboxylic acids is 1. The van der Waals surface area contributed by atoms with Gasteiger partial charge < -0.3 is 21.5 Å². The lowest BCUT2D eigenvalue weighted by Gasteiger charge is -2.13. The maximum absolute atomic E-state index is 11.2. The van der Waals surface area contributed by atoms with Crippen LogP contribution in [-0.2, 0) is 14.4 Å². The molecule has 2 amide bonds. The average molecular weight is 231 g/mol. The van der Waals surface area contributed by atoms with E-state index in [0.717, 1.165) is 0 Å². The van der Waals surface area contributed by atoms with Crippen molar-refractivity contribution in [1.82, 2.24) is 10.6 Å². The molecule has 0 rings (SSSR count). The Balaban J connectivity index is 4.07. The Morgan fingerprint density at radius 2 is 1.94 bits per heavy atom. The Kier molecular flexibility index (Phi) is 6.86. The molecule has 0 fully saturated rings. The molecule has 1 atom stereocenters. The maximum atomic E-state index is 11.2. The summed E-state index contributed by atoms with van der Waals surface area (Å²) in [5.41, 5.74) is 4.90. The van der Waals surface area contributed by atoms with Crippen LogP contribution >= 0.6 is 0 Å². The van der Waals surface area contributed by atoms with Crippen LogP contribution in [0.3, 0.4) is 0 Å². The zero-order valence-corrected chi connectivity index (χ0v) is 9.16. The minimum atomic E-state index is -1.17. The minimum absolute atomic E-state index is 0.00988. The highest BCUT2D eigenvalue weighted by molar-refractivity contribution is 5.84. The summed E-state index contributed by atoms with van der Waals surface area (Å²) in [7, 11) is 1.69. The molecule has 0 saturated carbocycles. The van der Waals surface area contributed by atoms with Gasteiger partial charge in [0.15, 0.2) is 0 Å². The molecule has 7 nitrogen and oxygen atoms in total. The number of nitrogens with one attached hydrogen (secondary N) is 2. The van der Waals surface area contributed by atoms with Crippen molar-refractivity contribution in [2.24, 2.45) is 5.73 Å². The van der Waals surface area contributed by atoms with E-state index in [-0.39, 0.29) is 25.2 Å². The van der Waals surface area contributed by atoms with E-state index >= 15 is 0 Å². The molecule has 0 saturated heterocycles. The summed E-state index contributed by atoms with van der Waals surface area (Å²) < 4.78 is 0. The van der Waals surface area contributed by atoms with E-state index in [9.17, 15) is 14.4 Å². The fourth-order valence-electron chi connectivity index (χ4n) is 1.05. The van der Waals surface area contributed by atoms with Crippen molar-refractivity contribution in [3.8, 4) is 0 Å². The molecule has 0 aliphatic heterocycles. The van der Waals surface area contributed by atoms with E-state index in [4.69, 9.17) is 10.8 Å². The standard InChI is InChI=1S/C9H17N3O4/c1-11-5-4-8(14)12-6(9(15)16)2-3-7(10)13/h6,11H,2-5H2,1H3,(H2,10,13)(H,12,14)(H,15,16)/t6-/m0/s1. The second-order valence-electron chi connectivity index (χ2n) is 3.32. The summed E-state index contributed by atoms with van der Waals surface area (Å²) in [4.78, 5) is 32.5. The lowest BCUT2D eigenvalue weighted by molar-refractivity contribution is -0.142. The van der Waals surface area contributed by atoms with E-state index in [0.29, 0.717) is 6.54 Å². The predicted molar refractivity (Wildman–Crippen MR) is 56.5 cm³/mol. The van der Waals surface area contributed by atoms with Crippen LogP contribution in [0, 0.1) is 0 Å². The van der Waals surface area contributed by atoms with Gasteiger partial charge >= 0.3 is 5.97 Å². The predicted octanol–water partition coefficient (Wildman–Crippen LogP) is -1.57. The first-order chi connectivity index (χ1) is 7.47. The van der Waals surface area contributed by atoms with Gasteiger partial charge in [-0.2, -0.15) is 0 Å². The number of carboxylic acid groups (broad SMARTS) is 1. The van der Waals surface area contributed by atoms with Crippen molar-refractivity contribution < 1.29 is 19.5 Å². The van der Waals surface area contributed by atoms with Crippen molar-refractivity contribution in [1.29, 1.82) is 0 Å². The topological polar surface area (TPSA) is 122 Å². The number of amides is 2. The molecule has 16 heavy (non-hydrogen) atoms. The van der Waals surface area contributed by atoms with E-state index in [1.807, 2.05) is 0 Å². The van der Waals surface area contributed by atoms with Gasteiger partial charge in [-0.25, -0.2) is 4.79 Å². The number of nitrogens with two attached hydrogens (primary N) is 1. The van der Waals surface area contributed by atoms with Crippen LogP contribution in [0.4, 0.5) is 0 Å². The van der Waals surface area contributed by atoms with Crippen molar-refractivity contribution in [2.45, 2.75) is 25.3 Å². The highest BCUT2D eigenvalue weighted by Gasteiger charge is 2.19. The van der Waals surface area contributed by atoms with Crippen LogP contribution < -0.4 is 16.4 Å². The number of hydrogen-bond donors (Lipinski definition) is 4. The minimum Gasteiger partial charge on any atom is -0.480 e. The Labute approximate surface area is 93.4 Å². The van der Waals surface area contributed by atoms with Gasteiger partial charge in [-0.1, -0.05) is 0 Å². The zero-order chi connectivity index (χ0) is 12.6. The third-order valence-electron chi connectivity index (χ3n) is 1.91. The van der Waals surface area contributed by atoms with Gasteiger partial charge in [0, 0.05) is 19.4 Å². The molecule has 92 valence electrons. The first kappa shape index (κ1) is 14.4. The third kappa shape index (κ3) is 6.77. The lowest BCUT2D eigenvalue weighted by Crippen LogP contribution is -2.42. The smallest absolute Gasteiger partial charge is 0.326 e. The van der Waals surface area contributed by atoms with Crippen LogP contribution in [-0.4, -0.2) is 42.5 Å². The molecule has 5 N–H and O–H groups in total. The zero-order valence-electron chi connectivity index (χ0n) is 9.16. The molecule has 0 unspecified atom stereocenters. The summed E-state index contributed by atoms with van der Waals surface area (Å²) in [5.74, 6) is -2.12. The highest BCUT2D eigenvalue weighted by atomic mass is 16.4. The summed E-state index contributed by atoms with van der Waals surface area (Å²) in [6.07, 6.45) is 0.135. The van der Waals surface area contributed by atoms with Gasteiger partial charge in [0.25, 0.3) is 0 Å². The number of aliphatic carboxylic acids is 1. The molecule has 0 aliphatic rings. The maximum Gasteiger partial charge on any atom is 0.326 e. The quantitative estimate of drug-likeness (QED) is 0.402. The monoisotopic (exact) mass is 231 g/mol. The summed E-state index contributed by atoms with van der Waals surface area (Å²) in [6, 6.07) is -1.06. The average Bonchev–Trinajstić information content (AvgIpc) is 2.20. The Morgan fingerprint density at radius 3 is 2.38 bits per heavy atom. The first-order valence-electron chi connectivity index (χ1n) is 4.92. The van der Waals surface area contributed by atoms with Crippen LogP contribution in [0.1, 0.15) is 19.3 Å². The van der Waals surface area contributed by atoms with Gasteiger partial charge in [0.2, 0.25) is 11.8 Å². The molecule has 0 aromatic heterocycles. The molecule has 0 radical (unpaired) electrons. The molecule has 0 spiro atoms. The van der Waals surface area contributed by atoms with Crippen LogP contribution in [0.15, 0.2) is 0 Å². The molecule has 0 heterocycles. The van der Waals surface area contributed by atoms with Crippen molar-refractivity contribution >= 4 is 17.8 Å². The first-order valence-corrected chi connectivity index (χ1v) is 4.92. The molecule has 0 bridgehead atoms.